The first-order valence-electron chi connectivity index (χ1n) is 7.35. The average Bonchev–Trinajstić information content (AvgIpc) is 2.87. The van der Waals surface area contributed by atoms with E-state index in [9.17, 15) is 18.0 Å². The maximum atomic E-state index is 12.6. The summed E-state index contributed by atoms with van der Waals surface area (Å²) in [4.78, 5) is 23.1. The third-order valence-electron chi connectivity index (χ3n) is 3.70. The van der Waals surface area contributed by atoms with Crippen LogP contribution in [0.2, 0.25) is 0 Å². The Bertz CT molecular complexity index is 887. The van der Waals surface area contributed by atoms with Crippen LogP contribution in [-0.2, 0) is 24.0 Å². The zero-order valence-corrected chi connectivity index (χ0v) is 13.7. The molecular formula is C17H15NO5S. The van der Waals surface area contributed by atoms with Crippen molar-refractivity contribution in [3.63, 3.8) is 0 Å². The van der Waals surface area contributed by atoms with Crippen molar-refractivity contribution in [2.75, 3.05) is 0 Å². The van der Waals surface area contributed by atoms with Crippen molar-refractivity contribution in [2.45, 2.75) is 24.7 Å². The van der Waals surface area contributed by atoms with E-state index in [1.54, 1.807) is 30.3 Å². The first-order chi connectivity index (χ1) is 11.4. The maximum absolute atomic E-state index is 12.6. The van der Waals surface area contributed by atoms with Crippen LogP contribution < -0.4 is 0 Å². The molecule has 2 aromatic rings. The van der Waals surface area contributed by atoms with Crippen LogP contribution in [0, 0.1) is 6.92 Å². The number of hydrogen-bond donors (Lipinski definition) is 0. The van der Waals surface area contributed by atoms with E-state index in [1.807, 2.05) is 19.1 Å². The second-order valence-electron chi connectivity index (χ2n) is 5.47. The van der Waals surface area contributed by atoms with Gasteiger partial charge in [-0.25, -0.2) is 0 Å². The van der Waals surface area contributed by atoms with Crippen molar-refractivity contribution in [2.24, 2.45) is 0 Å². The Morgan fingerprint density at radius 2 is 1.50 bits per heavy atom. The van der Waals surface area contributed by atoms with Gasteiger partial charge in [-0.1, -0.05) is 48.0 Å². The quantitative estimate of drug-likeness (QED) is 0.795. The first kappa shape index (κ1) is 16.4. The number of carbonyl (C=O) groups excluding carboxylic acids is 2. The Balaban J connectivity index is 2.01. The van der Waals surface area contributed by atoms with E-state index < -0.39 is 21.9 Å². The van der Waals surface area contributed by atoms with E-state index in [0.717, 1.165) is 5.56 Å². The monoisotopic (exact) mass is 345 g/mol. The fourth-order valence-electron chi connectivity index (χ4n) is 2.43. The predicted octanol–water partition coefficient (Wildman–Crippen LogP) is 2.43. The van der Waals surface area contributed by atoms with Gasteiger partial charge in [0.25, 0.3) is 11.8 Å². The van der Waals surface area contributed by atoms with Gasteiger partial charge >= 0.3 is 10.1 Å². The van der Waals surface area contributed by atoms with Crippen LogP contribution in [0.3, 0.4) is 0 Å². The Morgan fingerprint density at radius 3 is 2.12 bits per heavy atom. The van der Waals surface area contributed by atoms with Crippen molar-refractivity contribution in [3.8, 4) is 11.1 Å². The van der Waals surface area contributed by atoms with Gasteiger partial charge in [0.1, 0.15) is 4.90 Å². The van der Waals surface area contributed by atoms with E-state index in [4.69, 9.17) is 4.28 Å². The molecular weight excluding hydrogens is 330 g/mol. The minimum atomic E-state index is -4.31. The standard InChI is InChI=1S/C17H15NO5S/c1-12-6-8-13(9-7-12)14-4-2-3-5-15(14)24(21,22)23-18-16(19)10-11-17(18)20/h2-9H,10-11H2,1H3. The lowest BCUT2D eigenvalue weighted by Crippen LogP contribution is -2.32. The van der Waals surface area contributed by atoms with Gasteiger partial charge in [0, 0.05) is 18.4 Å². The second-order valence-corrected chi connectivity index (χ2v) is 6.97. The molecule has 0 spiro atoms. The van der Waals surface area contributed by atoms with Gasteiger partial charge in [-0.05, 0) is 18.6 Å². The van der Waals surface area contributed by atoms with Crippen molar-refractivity contribution in [1.29, 1.82) is 0 Å². The molecule has 1 aliphatic rings. The van der Waals surface area contributed by atoms with Gasteiger partial charge in [0.2, 0.25) is 0 Å². The molecule has 2 aromatic carbocycles. The lowest BCUT2D eigenvalue weighted by Gasteiger charge is -2.15. The van der Waals surface area contributed by atoms with Gasteiger partial charge < -0.3 is 0 Å². The number of hydrogen-bond acceptors (Lipinski definition) is 5. The largest absolute Gasteiger partial charge is 0.318 e. The fraction of sp³-hybridized carbons (Fsp3) is 0.176. The molecule has 2 amide bonds. The van der Waals surface area contributed by atoms with Crippen LogP contribution in [0.1, 0.15) is 18.4 Å². The molecule has 1 saturated heterocycles. The molecule has 124 valence electrons. The molecule has 0 aromatic heterocycles. The van der Waals surface area contributed by atoms with E-state index >= 15 is 0 Å². The Hall–Kier alpha value is -2.51. The molecule has 6 nitrogen and oxygen atoms in total. The zero-order valence-electron chi connectivity index (χ0n) is 12.9. The smallest absolute Gasteiger partial charge is 0.272 e. The highest BCUT2D eigenvalue weighted by Crippen LogP contribution is 2.30. The van der Waals surface area contributed by atoms with Crippen LogP contribution >= 0.6 is 0 Å². The number of nitrogens with zero attached hydrogens (tertiary/aromatic N) is 1. The lowest BCUT2D eigenvalue weighted by atomic mass is 10.0. The minimum absolute atomic E-state index is 0.0477. The number of imide groups is 1. The summed E-state index contributed by atoms with van der Waals surface area (Å²) in [5.41, 5.74) is 2.18. The molecule has 3 rings (SSSR count). The van der Waals surface area contributed by atoms with Crippen LogP contribution in [0.25, 0.3) is 11.1 Å². The van der Waals surface area contributed by atoms with Crippen molar-refractivity contribution in [3.05, 3.63) is 54.1 Å². The average molecular weight is 345 g/mol. The maximum Gasteiger partial charge on any atom is 0.318 e. The Morgan fingerprint density at radius 1 is 0.917 bits per heavy atom. The van der Waals surface area contributed by atoms with Crippen LogP contribution in [0.4, 0.5) is 0 Å². The van der Waals surface area contributed by atoms with Crippen LogP contribution in [0.15, 0.2) is 53.4 Å². The lowest BCUT2D eigenvalue weighted by molar-refractivity contribution is -0.163. The number of amides is 2. The van der Waals surface area contributed by atoms with E-state index in [2.05, 4.69) is 0 Å². The number of carbonyl (C=O) groups is 2. The number of hydroxylamine groups is 2. The third kappa shape index (κ3) is 3.08. The molecule has 0 unspecified atom stereocenters. The van der Waals surface area contributed by atoms with Gasteiger partial charge in [0.15, 0.2) is 0 Å². The van der Waals surface area contributed by atoms with E-state index in [1.165, 1.54) is 6.07 Å². The van der Waals surface area contributed by atoms with Crippen molar-refractivity contribution < 1.29 is 22.3 Å². The molecule has 1 fully saturated rings. The van der Waals surface area contributed by atoms with E-state index in [0.29, 0.717) is 16.2 Å². The number of aryl methyl sites for hydroxylation is 1. The fourth-order valence-corrected chi connectivity index (χ4v) is 3.58. The van der Waals surface area contributed by atoms with Crippen molar-refractivity contribution in [1.82, 2.24) is 5.06 Å². The Kier molecular flexibility index (Phi) is 4.21. The highest BCUT2D eigenvalue weighted by Gasteiger charge is 2.35. The summed E-state index contributed by atoms with van der Waals surface area (Å²) >= 11 is 0. The molecule has 0 aliphatic carbocycles. The van der Waals surface area contributed by atoms with Gasteiger partial charge in [-0.15, -0.1) is 9.35 Å². The summed E-state index contributed by atoms with van der Waals surface area (Å²) in [6.07, 6.45) is -0.0953. The topological polar surface area (TPSA) is 80.8 Å². The molecule has 0 bridgehead atoms. The van der Waals surface area contributed by atoms with Crippen LogP contribution in [-0.4, -0.2) is 25.3 Å². The molecule has 7 heteroatoms. The summed E-state index contributed by atoms with van der Waals surface area (Å²) in [7, 11) is -4.31. The van der Waals surface area contributed by atoms with Crippen LogP contribution in [0.5, 0.6) is 0 Å². The number of rotatable bonds is 4. The van der Waals surface area contributed by atoms with Gasteiger partial charge in [-0.2, -0.15) is 8.42 Å². The molecule has 0 N–H and O–H groups in total. The SMILES string of the molecule is Cc1ccc(-c2ccccc2S(=O)(=O)ON2C(=O)CCC2=O)cc1. The first-order valence-corrected chi connectivity index (χ1v) is 8.76. The molecule has 1 heterocycles. The van der Waals surface area contributed by atoms with Gasteiger partial charge in [0.05, 0.1) is 0 Å². The molecule has 0 saturated carbocycles. The molecule has 24 heavy (non-hydrogen) atoms. The predicted molar refractivity (Wildman–Crippen MR) is 86.0 cm³/mol. The summed E-state index contributed by atoms with van der Waals surface area (Å²) in [5.74, 6) is -1.31. The number of benzene rings is 2. The molecule has 0 atom stereocenters. The third-order valence-corrected chi connectivity index (χ3v) is 4.94. The summed E-state index contributed by atoms with van der Waals surface area (Å²) < 4.78 is 29.9. The zero-order chi connectivity index (χ0) is 17.3. The van der Waals surface area contributed by atoms with E-state index in [-0.39, 0.29) is 17.7 Å². The summed E-state index contributed by atoms with van der Waals surface area (Å²) in [6, 6.07) is 13.6. The Labute approximate surface area is 139 Å². The molecule has 1 aliphatic heterocycles. The highest BCUT2D eigenvalue weighted by atomic mass is 32.2. The second kappa shape index (κ2) is 6.18. The van der Waals surface area contributed by atoms with Crippen molar-refractivity contribution >= 4 is 21.9 Å². The normalized spacial score (nSPS) is 15.1. The minimum Gasteiger partial charge on any atom is -0.272 e. The highest BCUT2D eigenvalue weighted by molar-refractivity contribution is 7.86. The van der Waals surface area contributed by atoms with Gasteiger partial charge in [-0.3, -0.25) is 9.59 Å². The summed E-state index contributed by atoms with van der Waals surface area (Å²) in [6.45, 7) is 1.93. The molecule has 0 radical (unpaired) electrons. The summed E-state index contributed by atoms with van der Waals surface area (Å²) in [5, 5.41) is 0.335.